The smallest absolute Gasteiger partial charge is 0.240 e. The van der Waals surface area contributed by atoms with E-state index in [2.05, 4.69) is 18.7 Å². The maximum Gasteiger partial charge on any atom is 0.240 e. The summed E-state index contributed by atoms with van der Waals surface area (Å²) in [5.74, 6) is 0.927. The summed E-state index contributed by atoms with van der Waals surface area (Å²) in [6.07, 6.45) is 2.62. The van der Waals surface area contributed by atoms with E-state index in [9.17, 15) is 4.79 Å². The van der Waals surface area contributed by atoms with Crippen LogP contribution in [0, 0.1) is 5.92 Å². The van der Waals surface area contributed by atoms with Crippen molar-refractivity contribution in [3.63, 3.8) is 0 Å². The van der Waals surface area contributed by atoms with Gasteiger partial charge in [-0.1, -0.05) is 0 Å². The second-order valence-electron chi connectivity index (χ2n) is 6.01. The van der Waals surface area contributed by atoms with E-state index in [4.69, 9.17) is 5.73 Å². The third-order valence-corrected chi connectivity index (χ3v) is 3.91. The van der Waals surface area contributed by atoms with Crippen molar-refractivity contribution in [3.05, 3.63) is 24.3 Å². The Kier molecular flexibility index (Phi) is 4.65. The van der Waals surface area contributed by atoms with Crippen LogP contribution in [0.5, 0.6) is 0 Å². The summed E-state index contributed by atoms with van der Waals surface area (Å²) < 4.78 is 0. The second kappa shape index (κ2) is 6.27. The predicted octanol–water partition coefficient (Wildman–Crippen LogP) is 2.35. The number of benzene rings is 1. The molecule has 0 radical (unpaired) electrons. The Balaban J connectivity index is 1.96. The largest absolute Gasteiger partial charge is 0.399 e. The molecule has 1 amide bonds. The molecule has 1 fully saturated rings. The van der Waals surface area contributed by atoms with Gasteiger partial charge in [-0.25, -0.2) is 0 Å². The fraction of sp³-hybridized carbons (Fsp3) is 0.562. The lowest BCUT2D eigenvalue weighted by Gasteiger charge is -2.28. The molecule has 1 aromatic carbocycles. The fourth-order valence-electron chi connectivity index (χ4n) is 2.21. The summed E-state index contributed by atoms with van der Waals surface area (Å²) in [5.41, 5.74) is 7.28. The minimum Gasteiger partial charge on any atom is -0.399 e. The van der Waals surface area contributed by atoms with Crippen LogP contribution in [0.15, 0.2) is 24.3 Å². The highest BCUT2D eigenvalue weighted by Crippen LogP contribution is 2.30. The molecule has 1 aliphatic carbocycles. The highest BCUT2D eigenvalue weighted by Gasteiger charge is 2.27. The number of nitrogens with two attached hydrogens (primary N) is 1. The van der Waals surface area contributed by atoms with Crippen LogP contribution in [0.1, 0.15) is 26.7 Å². The zero-order chi connectivity index (χ0) is 14.7. The third-order valence-electron chi connectivity index (χ3n) is 3.91. The minimum atomic E-state index is 0.129. The van der Waals surface area contributed by atoms with Crippen LogP contribution in [0.4, 0.5) is 11.4 Å². The molecule has 1 aliphatic rings. The van der Waals surface area contributed by atoms with E-state index < -0.39 is 0 Å². The summed E-state index contributed by atoms with van der Waals surface area (Å²) in [7, 11) is 1.82. The molecule has 4 nitrogen and oxygen atoms in total. The number of hydrogen-bond donors (Lipinski definition) is 1. The van der Waals surface area contributed by atoms with Gasteiger partial charge in [0.2, 0.25) is 5.91 Å². The van der Waals surface area contributed by atoms with E-state index in [-0.39, 0.29) is 5.91 Å². The molecule has 2 rings (SSSR count). The highest BCUT2D eigenvalue weighted by atomic mass is 16.2. The highest BCUT2D eigenvalue weighted by molar-refractivity contribution is 5.94. The first-order valence-electron chi connectivity index (χ1n) is 7.33. The number of carbonyl (C=O) groups is 1. The number of rotatable bonds is 6. The molecular formula is C16H25N3O. The molecule has 2 N–H and O–H groups in total. The van der Waals surface area contributed by atoms with Gasteiger partial charge in [0.1, 0.15) is 0 Å². The summed E-state index contributed by atoms with van der Waals surface area (Å²) in [6, 6.07) is 7.81. The molecule has 1 aromatic rings. The van der Waals surface area contributed by atoms with Gasteiger partial charge in [0.15, 0.2) is 0 Å². The maximum atomic E-state index is 12.4. The van der Waals surface area contributed by atoms with Gasteiger partial charge in [-0.3, -0.25) is 9.69 Å². The number of nitrogen functional groups attached to an aromatic ring is 1. The van der Waals surface area contributed by atoms with E-state index in [0.29, 0.717) is 18.3 Å². The van der Waals surface area contributed by atoms with Crippen LogP contribution in [0.25, 0.3) is 0 Å². The van der Waals surface area contributed by atoms with Crippen LogP contribution in [0.3, 0.4) is 0 Å². The van der Waals surface area contributed by atoms with Crippen molar-refractivity contribution in [1.82, 2.24) is 4.90 Å². The Bertz CT molecular complexity index is 451. The molecule has 0 aromatic heterocycles. The van der Waals surface area contributed by atoms with Crippen LogP contribution >= 0.6 is 0 Å². The molecule has 110 valence electrons. The van der Waals surface area contributed by atoms with Gasteiger partial charge in [-0.15, -0.1) is 0 Å². The van der Waals surface area contributed by atoms with Crippen molar-refractivity contribution in [2.45, 2.75) is 32.7 Å². The SMILES string of the molecule is CC(C)N(CC(=O)N(C)c1ccc(N)cc1)CC1CC1. The van der Waals surface area contributed by atoms with Gasteiger partial charge < -0.3 is 10.6 Å². The van der Waals surface area contributed by atoms with Crippen molar-refractivity contribution in [2.24, 2.45) is 5.92 Å². The minimum absolute atomic E-state index is 0.129. The van der Waals surface area contributed by atoms with Crippen molar-refractivity contribution < 1.29 is 4.79 Å². The summed E-state index contributed by atoms with van der Waals surface area (Å²) in [4.78, 5) is 16.4. The quantitative estimate of drug-likeness (QED) is 0.811. The number of anilines is 2. The molecule has 0 saturated heterocycles. The van der Waals surface area contributed by atoms with Crippen LogP contribution in [-0.2, 0) is 4.79 Å². The molecule has 0 spiro atoms. The first-order valence-corrected chi connectivity index (χ1v) is 7.33. The molecule has 0 bridgehead atoms. The molecular weight excluding hydrogens is 250 g/mol. The second-order valence-corrected chi connectivity index (χ2v) is 6.01. The topological polar surface area (TPSA) is 49.6 Å². The summed E-state index contributed by atoms with van der Waals surface area (Å²) >= 11 is 0. The first-order chi connectivity index (χ1) is 9.47. The monoisotopic (exact) mass is 275 g/mol. The van der Waals surface area contributed by atoms with Gasteiger partial charge in [-0.05, 0) is 56.9 Å². The van der Waals surface area contributed by atoms with Gasteiger partial charge >= 0.3 is 0 Å². The van der Waals surface area contributed by atoms with Crippen molar-refractivity contribution in [3.8, 4) is 0 Å². The molecule has 4 heteroatoms. The van der Waals surface area contributed by atoms with Crippen LogP contribution in [-0.4, -0.2) is 37.0 Å². The zero-order valence-electron chi connectivity index (χ0n) is 12.7. The third kappa shape index (κ3) is 3.97. The van der Waals surface area contributed by atoms with Crippen molar-refractivity contribution >= 4 is 17.3 Å². The molecule has 0 heterocycles. The number of likely N-dealkylation sites (N-methyl/N-ethyl adjacent to an activating group) is 1. The Morgan fingerprint density at radius 3 is 2.40 bits per heavy atom. The van der Waals surface area contributed by atoms with E-state index in [0.717, 1.165) is 18.2 Å². The van der Waals surface area contributed by atoms with Crippen LogP contribution in [0.2, 0.25) is 0 Å². The van der Waals surface area contributed by atoms with Gasteiger partial charge in [0.25, 0.3) is 0 Å². The number of hydrogen-bond acceptors (Lipinski definition) is 3. The summed E-state index contributed by atoms with van der Waals surface area (Å²) in [6.45, 7) is 5.83. The Labute approximate surface area is 121 Å². The number of carbonyl (C=O) groups excluding carboxylic acids is 1. The first kappa shape index (κ1) is 14.9. The Morgan fingerprint density at radius 2 is 1.90 bits per heavy atom. The van der Waals surface area contributed by atoms with E-state index in [1.54, 1.807) is 4.90 Å². The molecule has 0 aliphatic heterocycles. The average molecular weight is 275 g/mol. The lowest BCUT2D eigenvalue weighted by Crippen LogP contribution is -2.42. The van der Waals surface area contributed by atoms with E-state index in [1.807, 2.05) is 31.3 Å². The normalized spacial score (nSPS) is 14.8. The van der Waals surface area contributed by atoms with Gasteiger partial charge in [0, 0.05) is 31.0 Å². The number of nitrogens with zero attached hydrogens (tertiary/aromatic N) is 2. The van der Waals surface area contributed by atoms with Crippen molar-refractivity contribution in [2.75, 3.05) is 30.8 Å². The maximum absolute atomic E-state index is 12.4. The lowest BCUT2D eigenvalue weighted by molar-refractivity contribution is -0.119. The standard InChI is InChI=1S/C16H25N3O/c1-12(2)19(10-13-4-5-13)11-16(20)18(3)15-8-6-14(17)7-9-15/h6-9,12-13H,4-5,10-11,17H2,1-3H3. The van der Waals surface area contributed by atoms with Crippen LogP contribution < -0.4 is 10.6 Å². The predicted molar refractivity (Wildman–Crippen MR) is 83.7 cm³/mol. The molecule has 0 atom stereocenters. The van der Waals surface area contributed by atoms with Gasteiger partial charge in [0.05, 0.1) is 6.54 Å². The molecule has 0 unspecified atom stereocenters. The molecule has 20 heavy (non-hydrogen) atoms. The summed E-state index contributed by atoms with van der Waals surface area (Å²) in [5, 5.41) is 0. The fourth-order valence-corrected chi connectivity index (χ4v) is 2.21. The van der Waals surface area contributed by atoms with Crippen molar-refractivity contribution in [1.29, 1.82) is 0 Å². The lowest BCUT2D eigenvalue weighted by atomic mass is 10.2. The van der Waals surface area contributed by atoms with E-state index >= 15 is 0 Å². The van der Waals surface area contributed by atoms with Gasteiger partial charge in [-0.2, -0.15) is 0 Å². The molecule has 1 saturated carbocycles. The Hall–Kier alpha value is -1.55. The Morgan fingerprint density at radius 1 is 1.30 bits per heavy atom. The zero-order valence-corrected chi connectivity index (χ0v) is 12.7. The average Bonchev–Trinajstić information content (AvgIpc) is 3.21. The van der Waals surface area contributed by atoms with E-state index in [1.165, 1.54) is 12.8 Å². The number of amides is 1.